The summed E-state index contributed by atoms with van der Waals surface area (Å²) in [5, 5.41) is 19.4. The molecule has 0 bridgehead atoms. The number of ether oxygens (including phenoxy) is 1. The van der Waals surface area contributed by atoms with Crippen LogP contribution in [-0.2, 0) is 26.0 Å². The van der Waals surface area contributed by atoms with Gasteiger partial charge in [-0.3, -0.25) is 49.2 Å². The van der Waals surface area contributed by atoms with Gasteiger partial charge in [0.25, 0.3) is 33.4 Å². The van der Waals surface area contributed by atoms with Crippen LogP contribution in [-0.4, -0.2) is 132 Å². The number of aromatic nitrogens is 2. The smallest absolute Gasteiger partial charge is 0.293 e. The van der Waals surface area contributed by atoms with Crippen molar-refractivity contribution < 1.29 is 42.1 Å². The van der Waals surface area contributed by atoms with Gasteiger partial charge in [0.05, 0.1) is 32.7 Å². The second-order valence-electron chi connectivity index (χ2n) is 24.4. The van der Waals surface area contributed by atoms with Gasteiger partial charge >= 0.3 is 0 Å². The van der Waals surface area contributed by atoms with E-state index in [0.717, 1.165) is 136 Å². The summed E-state index contributed by atoms with van der Waals surface area (Å²) in [6.07, 6.45) is 13.9. The molecule has 3 saturated heterocycles. The number of pyridine rings is 1. The lowest BCUT2D eigenvalue weighted by atomic mass is 9.72. The Kier molecular flexibility index (Phi) is 18.2. The number of likely N-dealkylation sites (tertiary alicyclic amines) is 1. The van der Waals surface area contributed by atoms with E-state index in [1.54, 1.807) is 42.6 Å². The fourth-order valence-electron chi connectivity index (χ4n) is 12.8. The molecular formula is C65H73ClN10O10S. The van der Waals surface area contributed by atoms with Gasteiger partial charge in [0, 0.05) is 80.1 Å². The summed E-state index contributed by atoms with van der Waals surface area (Å²) in [5.41, 5.74) is 6.85. The summed E-state index contributed by atoms with van der Waals surface area (Å²) in [4.78, 5) is 92.1. The zero-order valence-corrected chi connectivity index (χ0v) is 50.7. The first-order valence-corrected chi connectivity index (χ1v) is 32.1. The maximum absolute atomic E-state index is 14.2. The number of nitrogens with zero attached hydrogens (tertiary/aromatic N) is 6. The van der Waals surface area contributed by atoms with Crippen LogP contribution >= 0.6 is 11.6 Å². The highest BCUT2D eigenvalue weighted by atomic mass is 35.5. The van der Waals surface area contributed by atoms with Crippen molar-refractivity contribution in [2.24, 2.45) is 11.3 Å². The minimum Gasteiger partial charge on any atom is -0.455 e. The zero-order chi connectivity index (χ0) is 61.0. The Morgan fingerprint density at radius 1 is 0.851 bits per heavy atom. The third kappa shape index (κ3) is 14.1. The van der Waals surface area contributed by atoms with Crippen LogP contribution in [0.5, 0.6) is 11.5 Å². The number of nitro groups is 1. The molecule has 3 fully saturated rings. The average molecular weight is 1220 g/mol. The van der Waals surface area contributed by atoms with Crippen molar-refractivity contribution in [2.45, 2.75) is 108 Å². The summed E-state index contributed by atoms with van der Waals surface area (Å²) >= 11 is 6.27. The number of fused-ring (bicyclic) bond motifs is 2. The Balaban J connectivity index is 0.659. The van der Waals surface area contributed by atoms with Crippen LogP contribution in [0.1, 0.15) is 133 Å². The normalized spacial score (nSPS) is 18.7. The molecule has 11 rings (SSSR count). The first kappa shape index (κ1) is 60.7. The van der Waals surface area contributed by atoms with Gasteiger partial charge in [0.1, 0.15) is 28.9 Å². The molecule has 4 aromatic carbocycles. The topological polar surface area (TPSA) is 250 Å². The van der Waals surface area contributed by atoms with Crippen LogP contribution in [0, 0.1) is 21.4 Å². The number of hydrogen-bond acceptors (Lipinski definition) is 15. The number of H-pyrrole nitrogens is 1. The maximum Gasteiger partial charge on any atom is 0.293 e. The van der Waals surface area contributed by atoms with Crippen molar-refractivity contribution >= 4 is 84.8 Å². The largest absolute Gasteiger partial charge is 0.455 e. The van der Waals surface area contributed by atoms with Gasteiger partial charge in [-0.1, -0.05) is 74.5 Å². The molecule has 456 valence electrons. The van der Waals surface area contributed by atoms with Crippen LogP contribution < -0.4 is 25.0 Å². The molecule has 22 heteroatoms. The molecule has 6 heterocycles. The highest BCUT2D eigenvalue weighted by molar-refractivity contribution is 7.90. The molecule has 1 unspecified atom stereocenters. The molecule has 0 spiro atoms. The van der Waals surface area contributed by atoms with Gasteiger partial charge in [-0.15, -0.1) is 0 Å². The first-order valence-electron chi connectivity index (χ1n) is 30.2. The fourth-order valence-corrected chi connectivity index (χ4v) is 13.9. The zero-order valence-electron chi connectivity index (χ0n) is 49.1. The van der Waals surface area contributed by atoms with E-state index in [9.17, 15) is 42.5 Å². The van der Waals surface area contributed by atoms with Crippen molar-refractivity contribution in [3.05, 3.63) is 152 Å². The first-order chi connectivity index (χ1) is 41.9. The Bertz CT molecular complexity index is 3780. The quantitative estimate of drug-likeness (QED) is 0.0214. The predicted molar refractivity (Wildman–Crippen MR) is 333 cm³/mol. The number of piperidine rings is 2. The number of unbranched alkanes of at least 4 members (excludes halogenated alkanes) is 4. The fraction of sp³-hybridized carbons (Fsp3) is 0.415. The summed E-state index contributed by atoms with van der Waals surface area (Å²) in [6.45, 7) is 11.7. The summed E-state index contributed by atoms with van der Waals surface area (Å²) in [5.74, 6) is -2.30. The molecule has 2 aromatic heterocycles. The van der Waals surface area contributed by atoms with Gasteiger partial charge in [-0.2, -0.15) is 0 Å². The van der Waals surface area contributed by atoms with E-state index < -0.39 is 61.1 Å². The number of halogens is 1. The standard InChI is InChI=1S/C65H73ClN10O10S/c1-65(2)26-22-46(53(38-65)43-12-14-47(66)15-13-43)41-73-31-33-74(34-32-73)48-16-18-51(57(36-48)86-49-35-45-23-27-67-60(45)69-40-49)61(78)71-87(84,85)50-17-19-54(56(37-50)76(82)83)68-39-42-24-29-72(30-25-42)28-7-5-3-4-6-9-44-10-8-11-52-59(44)64(81)75(63(52)80)55-20-21-58(77)70-62(55)79/h8,10-19,23,27,35-37,40,42,55,68H,3-7,9,20-22,24-26,28-34,38-39,41H2,1-2H3,(H,67,69)(H,71,78)(H,70,77,79). The van der Waals surface area contributed by atoms with Crippen LogP contribution in [0.4, 0.5) is 17.1 Å². The number of benzene rings is 4. The third-order valence-corrected chi connectivity index (χ3v) is 19.4. The number of aryl methyl sites for hydroxylation is 1. The van der Waals surface area contributed by atoms with Crippen molar-refractivity contribution in [1.29, 1.82) is 0 Å². The van der Waals surface area contributed by atoms with Gasteiger partial charge in [0.15, 0.2) is 0 Å². The molecule has 1 atom stereocenters. The molecule has 4 aliphatic heterocycles. The molecule has 0 radical (unpaired) electrons. The SMILES string of the molecule is CC1(C)CCC(CN2CCN(c3ccc(C(=O)NS(=O)(=O)c4ccc(NCC5CCN(CCCCCCCc6cccc7c6C(=O)N(C6CCC(=O)NC6=O)C7=O)CC5)c([N+](=O)[O-])c4)c(Oc4cnc5[nH]ccc5c4)c3)CC2)=C(c2ccc(Cl)cc2)C1. The number of piperazine rings is 1. The molecule has 87 heavy (non-hydrogen) atoms. The number of nitro benzene ring substituents is 1. The number of aromatic amines is 1. The van der Waals surface area contributed by atoms with E-state index in [-0.39, 0.29) is 41.2 Å². The third-order valence-electron chi connectivity index (χ3n) is 17.8. The number of imide groups is 2. The molecule has 1 aliphatic carbocycles. The van der Waals surface area contributed by atoms with Crippen LogP contribution in [0.25, 0.3) is 16.6 Å². The van der Waals surface area contributed by atoms with E-state index in [4.69, 9.17) is 16.3 Å². The second-order valence-corrected chi connectivity index (χ2v) is 26.5. The number of sulfonamides is 1. The van der Waals surface area contributed by atoms with Crippen molar-refractivity contribution in [3.8, 4) is 11.5 Å². The number of hydrogen-bond donors (Lipinski definition) is 4. The highest BCUT2D eigenvalue weighted by Gasteiger charge is 2.45. The second kappa shape index (κ2) is 26.2. The van der Waals surface area contributed by atoms with Crippen molar-refractivity contribution in [1.82, 2.24) is 34.7 Å². The maximum atomic E-state index is 14.2. The van der Waals surface area contributed by atoms with Crippen LogP contribution in [0.15, 0.2) is 114 Å². The molecule has 5 aliphatic rings. The number of allylic oxidation sites excluding steroid dienone is 1. The van der Waals surface area contributed by atoms with Crippen molar-refractivity contribution in [3.63, 3.8) is 0 Å². The molecule has 4 N–H and O–H groups in total. The van der Waals surface area contributed by atoms with Gasteiger partial charge < -0.3 is 24.8 Å². The summed E-state index contributed by atoms with van der Waals surface area (Å²) < 4.78 is 36.5. The van der Waals surface area contributed by atoms with Crippen molar-refractivity contribution in [2.75, 3.05) is 69.1 Å². The molecule has 0 saturated carbocycles. The highest BCUT2D eigenvalue weighted by Crippen LogP contribution is 2.44. The van der Waals surface area contributed by atoms with Gasteiger partial charge in [-0.25, -0.2) is 18.1 Å². The number of rotatable bonds is 22. The molecule has 6 aromatic rings. The summed E-state index contributed by atoms with van der Waals surface area (Å²) in [6, 6.07) is 24.7. The van der Waals surface area contributed by atoms with E-state index in [0.29, 0.717) is 48.6 Å². The molecule has 20 nitrogen and oxygen atoms in total. The number of carbonyl (C=O) groups is 5. The van der Waals surface area contributed by atoms with Gasteiger partial charge in [0.2, 0.25) is 11.8 Å². The van der Waals surface area contributed by atoms with Gasteiger partial charge in [-0.05, 0) is 160 Å². The van der Waals surface area contributed by atoms with Crippen LogP contribution in [0.2, 0.25) is 5.02 Å². The molecular weight excluding hydrogens is 1150 g/mol. The lowest BCUT2D eigenvalue weighted by Gasteiger charge is -2.39. The Labute approximate surface area is 511 Å². The monoisotopic (exact) mass is 1220 g/mol. The Morgan fingerprint density at radius 3 is 2.39 bits per heavy atom. The Hall–Kier alpha value is -7.98. The summed E-state index contributed by atoms with van der Waals surface area (Å²) in [7, 11) is -4.63. The lowest BCUT2D eigenvalue weighted by Crippen LogP contribution is -2.54. The van der Waals surface area contributed by atoms with E-state index in [2.05, 4.69) is 66.0 Å². The number of carbonyl (C=O) groups excluding carboxylic acids is 5. The Morgan fingerprint density at radius 2 is 1.62 bits per heavy atom. The number of amides is 5. The minimum atomic E-state index is -4.63. The lowest BCUT2D eigenvalue weighted by molar-refractivity contribution is -0.384. The minimum absolute atomic E-state index is 0.0560. The van der Waals surface area contributed by atoms with E-state index in [1.165, 1.54) is 35.0 Å². The number of nitrogens with one attached hydrogen (secondary N) is 4. The molecule has 5 amide bonds. The van der Waals surface area contributed by atoms with E-state index >= 15 is 0 Å². The predicted octanol–water partition coefficient (Wildman–Crippen LogP) is 10.5. The van der Waals surface area contributed by atoms with Crippen LogP contribution in [0.3, 0.4) is 0 Å². The van der Waals surface area contributed by atoms with E-state index in [1.807, 2.05) is 24.3 Å². The average Bonchev–Trinajstić information content (AvgIpc) is 1.82. The number of anilines is 2.